The van der Waals surface area contributed by atoms with Crippen LogP contribution in [0.25, 0.3) is 0 Å². The highest BCUT2D eigenvalue weighted by Gasteiger charge is 2.15. The van der Waals surface area contributed by atoms with Crippen molar-refractivity contribution >= 4 is 29.5 Å². The zero-order valence-electron chi connectivity index (χ0n) is 11.0. The molecular formula is C12H21N3OS2. The van der Waals surface area contributed by atoms with Crippen molar-refractivity contribution in [3.63, 3.8) is 0 Å². The zero-order valence-corrected chi connectivity index (χ0v) is 12.6. The van der Waals surface area contributed by atoms with Gasteiger partial charge in [-0.2, -0.15) is 23.5 Å². The van der Waals surface area contributed by atoms with Crippen LogP contribution in [0.4, 0.5) is 5.95 Å². The normalized spacial score (nSPS) is 20.0. The third-order valence-electron chi connectivity index (χ3n) is 2.81. The van der Waals surface area contributed by atoms with E-state index in [0.717, 1.165) is 31.3 Å². The van der Waals surface area contributed by atoms with E-state index in [-0.39, 0.29) is 0 Å². The van der Waals surface area contributed by atoms with Crippen LogP contribution < -0.4 is 5.32 Å². The highest BCUT2D eigenvalue weighted by Crippen LogP contribution is 2.24. The first-order chi connectivity index (χ1) is 8.79. The minimum Gasteiger partial charge on any atom is -0.383 e. The fourth-order valence-corrected chi connectivity index (χ4v) is 4.52. The van der Waals surface area contributed by atoms with Crippen molar-refractivity contribution in [3.8, 4) is 0 Å². The summed E-state index contributed by atoms with van der Waals surface area (Å²) in [5.41, 5.74) is 1.05. The Morgan fingerprint density at radius 3 is 3.17 bits per heavy atom. The summed E-state index contributed by atoms with van der Waals surface area (Å²) in [5.74, 6) is 4.78. The summed E-state index contributed by atoms with van der Waals surface area (Å²) < 4.78 is 7.26. The number of rotatable bonds is 6. The van der Waals surface area contributed by atoms with Gasteiger partial charge in [0.1, 0.15) is 0 Å². The van der Waals surface area contributed by atoms with Crippen LogP contribution >= 0.6 is 23.5 Å². The van der Waals surface area contributed by atoms with Crippen molar-refractivity contribution in [2.24, 2.45) is 0 Å². The Bertz CT molecular complexity index is 364. The molecule has 4 nitrogen and oxygen atoms in total. The van der Waals surface area contributed by atoms with Crippen molar-refractivity contribution < 1.29 is 4.74 Å². The first-order valence-electron chi connectivity index (χ1n) is 6.25. The Kier molecular flexibility index (Phi) is 5.72. The summed E-state index contributed by atoms with van der Waals surface area (Å²) in [6.07, 6.45) is 2.07. The summed E-state index contributed by atoms with van der Waals surface area (Å²) in [6.45, 7) is 4.60. The van der Waals surface area contributed by atoms with E-state index in [4.69, 9.17) is 4.74 Å². The van der Waals surface area contributed by atoms with Crippen LogP contribution in [0.15, 0.2) is 6.20 Å². The smallest absolute Gasteiger partial charge is 0.203 e. The van der Waals surface area contributed by atoms with Crippen LogP contribution in [0.1, 0.15) is 5.69 Å². The molecule has 6 heteroatoms. The Balaban J connectivity index is 1.86. The number of nitrogens with one attached hydrogen (secondary N) is 1. The molecule has 1 unspecified atom stereocenters. The molecule has 0 aromatic carbocycles. The van der Waals surface area contributed by atoms with Crippen LogP contribution in [-0.2, 0) is 11.3 Å². The summed E-state index contributed by atoms with van der Waals surface area (Å²) in [7, 11) is 1.73. The van der Waals surface area contributed by atoms with Crippen molar-refractivity contribution in [1.82, 2.24) is 9.55 Å². The minimum absolute atomic E-state index is 0.705. The van der Waals surface area contributed by atoms with Gasteiger partial charge in [0.2, 0.25) is 5.95 Å². The average Bonchev–Trinajstić information content (AvgIpc) is 2.75. The largest absolute Gasteiger partial charge is 0.383 e. The number of aryl methyl sites for hydroxylation is 1. The van der Waals surface area contributed by atoms with Crippen molar-refractivity contribution in [2.45, 2.75) is 18.7 Å². The zero-order chi connectivity index (χ0) is 12.8. The fourth-order valence-electron chi connectivity index (χ4n) is 1.91. The van der Waals surface area contributed by atoms with Crippen LogP contribution in [0.2, 0.25) is 0 Å². The quantitative estimate of drug-likeness (QED) is 0.867. The van der Waals surface area contributed by atoms with E-state index in [9.17, 15) is 0 Å². The molecule has 1 N–H and O–H groups in total. The van der Waals surface area contributed by atoms with E-state index in [1.807, 2.05) is 6.92 Å². The summed E-state index contributed by atoms with van der Waals surface area (Å²) >= 11 is 4.12. The number of methoxy groups -OCH3 is 1. The summed E-state index contributed by atoms with van der Waals surface area (Å²) in [4.78, 5) is 4.53. The topological polar surface area (TPSA) is 39.1 Å². The predicted molar refractivity (Wildman–Crippen MR) is 80.9 cm³/mol. The Morgan fingerprint density at radius 2 is 2.44 bits per heavy atom. The van der Waals surface area contributed by atoms with Crippen molar-refractivity contribution in [2.75, 3.05) is 42.8 Å². The van der Waals surface area contributed by atoms with Crippen molar-refractivity contribution in [3.05, 3.63) is 11.9 Å². The molecule has 0 saturated carbocycles. The van der Waals surface area contributed by atoms with Gasteiger partial charge in [0.05, 0.1) is 12.3 Å². The predicted octanol–water partition coefficient (Wildman–Crippen LogP) is 2.10. The standard InChI is InChI=1S/C12H21N3OS2/c1-10-8-15(3-4-16-2)12(14-10)13-7-11-9-17-5-6-18-11/h8,11H,3-7,9H2,1-2H3,(H,13,14). The number of ether oxygens (including phenoxy) is 1. The maximum absolute atomic E-state index is 5.12. The number of aromatic nitrogens is 2. The van der Waals surface area contributed by atoms with Gasteiger partial charge in [-0.3, -0.25) is 0 Å². The second kappa shape index (κ2) is 7.31. The first-order valence-corrected chi connectivity index (χ1v) is 8.46. The molecule has 102 valence electrons. The van der Waals surface area contributed by atoms with E-state index in [0.29, 0.717) is 5.25 Å². The molecule has 18 heavy (non-hydrogen) atoms. The molecule has 0 radical (unpaired) electrons. The molecule has 1 aromatic heterocycles. The Morgan fingerprint density at radius 1 is 1.56 bits per heavy atom. The first kappa shape index (κ1) is 14.1. The molecule has 1 atom stereocenters. The lowest BCUT2D eigenvalue weighted by Gasteiger charge is -2.21. The van der Waals surface area contributed by atoms with Gasteiger partial charge in [0.25, 0.3) is 0 Å². The van der Waals surface area contributed by atoms with Crippen molar-refractivity contribution in [1.29, 1.82) is 0 Å². The van der Waals surface area contributed by atoms with Gasteiger partial charge >= 0.3 is 0 Å². The second-order valence-electron chi connectivity index (χ2n) is 4.34. The van der Waals surface area contributed by atoms with Crippen LogP contribution in [0, 0.1) is 6.92 Å². The Hall–Kier alpha value is -0.330. The highest BCUT2D eigenvalue weighted by atomic mass is 32.2. The molecule has 1 aliphatic heterocycles. The van der Waals surface area contributed by atoms with E-state index >= 15 is 0 Å². The molecular weight excluding hydrogens is 266 g/mol. The van der Waals surface area contributed by atoms with Gasteiger partial charge in [-0.05, 0) is 6.92 Å². The number of nitrogens with zero attached hydrogens (tertiary/aromatic N) is 2. The fraction of sp³-hybridized carbons (Fsp3) is 0.750. The van der Waals surface area contributed by atoms with Crippen LogP contribution in [-0.4, -0.2) is 52.3 Å². The maximum atomic E-state index is 5.12. The Labute approximate surface area is 117 Å². The molecule has 1 aromatic rings. The maximum Gasteiger partial charge on any atom is 0.203 e. The van der Waals surface area contributed by atoms with Gasteiger partial charge in [-0.1, -0.05) is 0 Å². The molecule has 0 spiro atoms. The van der Waals surface area contributed by atoms with E-state index in [1.54, 1.807) is 7.11 Å². The lowest BCUT2D eigenvalue weighted by molar-refractivity contribution is 0.187. The molecule has 0 amide bonds. The van der Waals surface area contributed by atoms with Gasteiger partial charge in [0.15, 0.2) is 0 Å². The highest BCUT2D eigenvalue weighted by molar-refractivity contribution is 8.06. The molecule has 1 fully saturated rings. The van der Waals surface area contributed by atoms with Crippen LogP contribution in [0.3, 0.4) is 0 Å². The number of imidazole rings is 1. The molecule has 0 bridgehead atoms. The van der Waals surface area contributed by atoms with E-state index < -0.39 is 0 Å². The number of anilines is 1. The molecule has 1 aliphatic rings. The minimum atomic E-state index is 0.705. The van der Waals surface area contributed by atoms with E-state index in [2.05, 4.69) is 44.6 Å². The second-order valence-corrected chi connectivity index (χ2v) is 6.90. The summed E-state index contributed by atoms with van der Waals surface area (Å²) in [6, 6.07) is 0. The third-order valence-corrected chi connectivity index (χ3v) is 5.65. The molecule has 2 heterocycles. The average molecular weight is 287 g/mol. The van der Waals surface area contributed by atoms with Gasteiger partial charge in [-0.15, -0.1) is 0 Å². The lowest BCUT2D eigenvalue weighted by atomic mass is 10.4. The number of thioether (sulfide) groups is 2. The van der Waals surface area contributed by atoms with Gasteiger partial charge in [-0.25, -0.2) is 4.98 Å². The number of hydrogen-bond donors (Lipinski definition) is 1. The van der Waals surface area contributed by atoms with Gasteiger partial charge in [0, 0.05) is 48.9 Å². The lowest BCUT2D eigenvalue weighted by Crippen LogP contribution is -2.24. The summed E-state index contributed by atoms with van der Waals surface area (Å²) in [5, 5.41) is 4.18. The van der Waals surface area contributed by atoms with E-state index in [1.165, 1.54) is 17.3 Å². The monoisotopic (exact) mass is 287 g/mol. The number of hydrogen-bond acceptors (Lipinski definition) is 5. The third kappa shape index (κ3) is 4.10. The van der Waals surface area contributed by atoms with Gasteiger partial charge < -0.3 is 14.6 Å². The van der Waals surface area contributed by atoms with Crippen LogP contribution in [0.5, 0.6) is 0 Å². The SMILES string of the molecule is COCCn1cc(C)nc1NCC1CSCCS1. The molecule has 2 rings (SSSR count). The molecule has 0 aliphatic carbocycles. The molecule has 1 saturated heterocycles.